The van der Waals surface area contributed by atoms with Crippen molar-refractivity contribution < 1.29 is 39.1 Å². The van der Waals surface area contributed by atoms with E-state index in [1.165, 1.54) is 6.92 Å². The first-order valence-corrected chi connectivity index (χ1v) is 16.7. The first-order chi connectivity index (χ1) is 21.6. The van der Waals surface area contributed by atoms with E-state index in [-0.39, 0.29) is 37.4 Å². The molecule has 256 valence electrons. The minimum absolute atomic E-state index is 0.0733. The number of nitrogens with one attached hydrogen (secondary N) is 1. The molecular formula is C36H52ClNO8. The maximum Gasteiger partial charge on any atom is 0.309 e. The van der Waals surface area contributed by atoms with Crippen LogP contribution >= 0.6 is 11.6 Å². The number of halogens is 1. The maximum absolute atomic E-state index is 12.8. The smallest absolute Gasteiger partial charge is 0.309 e. The summed E-state index contributed by atoms with van der Waals surface area (Å²) in [6, 6.07) is 7.18. The van der Waals surface area contributed by atoms with Crippen molar-refractivity contribution in [1.29, 1.82) is 0 Å². The average Bonchev–Trinajstić information content (AvgIpc) is 3.73. The number of aliphatic hydroxyl groups is 3. The van der Waals surface area contributed by atoms with Crippen molar-refractivity contribution in [2.75, 3.05) is 0 Å². The van der Waals surface area contributed by atoms with Crippen molar-refractivity contribution in [3.8, 4) is 0 Å². The molecule has 0 aromatic heterocycles. The van der Waals surface area contributed by atoms with Gasteiger partial charge in [0, 0.05) is 24.4 Å². The van der Waals surface area contributed by atoms with Gasteiger partial charge < -0.3 is 34.8 Å². The topological polar surface area (TPSA) is 138 Å². The highest BCUT2D eigenvalue weighted by atomic mass is 35.5. The van der Waals surface area contributed by atoms with E-state index in [1.807, 2.05) is 38.1 Å². The van der Waals surface area contributed by atoms with Gasteiger partial charge in [0.2, 0.25) is 0 Å². The minimum Gasteiger partial charge on any atom is -0.457 e. The zero-order chi connectivity index (χ0) is 34.1. The van der Waals surface area contributed by atoms with Gasteiger partial charge in [0.05, 0.1) is 30.3 Å². The molecule has 10 heteroatoms. The molecule has 46 heavy (non-hydrogen) atoms. The van der Waals surface area contributed by atoms with Crippen LogP contribution in [0, 0.1) is 5.92 Å². The molecule has 4 N–H and O–H groups in total. The van der Waals surface area contributed by atoms with Crippen molar-refractivity contribution in [3.05, 3.63) is 70.8 Å². The van der Waals surface area contributed by atoms with Crippen molar-refractivity contribution in [3.63, 3.8) is 0 Å². The van der Waals surface area contributed by atoms with E-state index in [0.717, 1.165) is 24.8 Å². The number of rotatable bonds is 12. The highest BCUT2D eigenvalue weighted by Gasteiger charge is 2.50. The van der Waals surface area contributed by atoms with Crippen LogP contribution in [0.2, 0.25) is 5.02 Å². The van der Waals surface area contributed by atoms with Crippen molar-refractivity contribution in [2.45, 2.75) is 134 Å². The Bertz CT molecular complexity index is 1260. The molecule has 2 heterocycles. The molecular weight excluding hydrogens is 610 g/mol. The van der Waals surface area contributed by atoms with E-state index in [4.69, 9.17) is 25.8 Å². The van der Waals surface area contributed by atoms with E-state index in [2.05, 4.69) is 12.2 Å². The Morgan fingerprint density at radius 2 is 2.04 bits per heavy atom. The van der Waals surface area contributed by atoms with Gasteiger partial charge in [-0.05, 0) is 69.4 Å². The van der Waals surface area contributed by atoms with Crippen LogP contribution in [-0.2, 0) is 30.3 Å². The number of carbonyl (C=O) groups excluding carboxylic acids is 2. The Balaban J connectivity index is 1.83. The van der Waals surface area contributed by atoms with E-state index in [1.54, 1.807) is 44.2 Å². The van der Waals surface area contributed by atoms with Crippen LogP contribution in [0.4, 0.5) is 0 Å². The summed E-state index contributed by atoms with van der Waals surface area (Å²) < 4.78 is 17.3. The lowest BCUT2D eigenvalue weighted by atomic mass is 9.88. The van der Waals surface area contributed by atoms with Crippen LogP contribution in [0.15, 0.2) is 60.2 Å². The minimum atomic E-state index is -1.45. The summed E-state index contributed by atoms with van der Waals surface area (Å²) in [5.74, 6) is -1.47. The second kappa shape index (κ2) is 17.0. The number of hydrogen-bond donors (Lipinski definition) is 4. The molecule has 0 aliphatic carbocycles. The Morgan fingerprint density at radius 1 is 1.30 bits per heavy atom. The van der Waals surface area contributed by atoms with Crippen LogP contribution in [0.25, 0.3) is 0 Å². The maximum atomic E-state index is 12.8. The second-order valence-corrected chi connectivity index (χ2v) is 13.6. The van der Waals surface area contributed by atoms with Crippen molar-refractivity contribution in [1.82, 2.24) is 5.32 Å². The molecule has 1 fully saturated rings. The van der Waals surface area contributed by atoms with Gasteiger partial charge >= 0.3 is 11.9 Å². The molecule has 0 saturated carbocycles. The third kappa shape index (κ3) is 11.6. The van der Waals surface area contributed by atoms with Gasteiger partial charge in [-0.2, -0.15) is 0 Å². The summed E-state index contributed by atoms with van der Waals surface area (Å²) >= 11 is 6.19. The standard InChI is InChI=1S/C36H52ClNO8/c1-7-8-14-29-33(45-29)34(38-22-26-12-9-13-27(37)20-26)36(6,43)18-10-11-23(2)32-24(3)15-16-30(44-25(4)39)35(5,42)19-17-28(40)21-31(41)46-32/h9-13,15-16,18,20,24,28-30,32-34,38,40,42-43H,7-8,14,17,19,21-22H2,1-6H3/b16-15+,18-10+,23-11+/t24-,28+,29+,30-,32?,33-,34?,35+,36?/m0/s1. The van der Waals surface area contributed by atoms with Crippen LogP contribution in [0.3, 0.4) is 0 Å². The fourth-order valence-electron chi connectivity index (χ4n) is 5.84. The molecule has 1 aromatic rings. The van der Waals surface area contributed by atoms with Crippen LogP contribution < -0.4 is 5.32 Å². The molecule has 0 bridgehead atoms. The largest absolute Gasteiger partial charge is 0.457 e. The normalized spacial score (nSPS) is 32.0. The summed E-state index contributed by atoms with van der Waals surface area (Å²) in [4.78, 5) is 24.6. The molecule has 1 saturated heterocycles. The molecule has 1 aromatic carbocycles. The Hall–Kier alpha value is -2.53. The van der Waals surface area contributed by atoms with E-state index < -0.39 is 47.5 Å². The van der Waals surface area contributed by atoms with Gasteiger partial charge in [0.15, 0.2) is 0 Å². The quantitative estimate of drug-likeness (QED) is 0.101. The molecule has 3 rings (SSSR count). The summed E-state index contributed by atoms with van der Waals surface area (Å²) in [6.07, 6.45) is 8.87. The number of hydrogen-bond acceptors (Lipinski definition) is 9. The molecule has 0 spiro atoms. The molecule has 0 radical (unpaired) electrons. The van der Waals surface area contributed by atoms with Crippen molar-refractivity contribution >= 4 is 23.5 Å². The molecule has 2 aliphatic rings. The number of ether oxygens (including phenoxy) is 3. The van der Waals surface area contributed by atoms with E-state index in [9.17, 15) is 24.9 Å². The monoisotopic (exact) mass is 661 g/mol. The summed E-state index contributed by atoms with van der Waals surface area (Å²) in [5.41, 5.74) is -1.04. The predicted molar refractivity (Wildman–Crippen MR) is 178 cm³/mol. The average molecular weight is 662 g/mol. The molecule has 3 unspecified atom stereocenters. The number of epoxide rings is 1. The number of benzene rings is 1. The molecule has 9 atom stereocenters. The highest BCUT2D eigenvalue weighted by Crippen LogP contribution is 2.35. The first-order valence-electron chi connectivity index (χ1n) is 16.3. The zero-order valence-electron chi connectivity index (χ0n) is 27.9. The van der Waals surface area contributed by atoms with Gasteiger partial charge in [-0.3, -0.25) is 9.59 Å². The summed E-state index contributed by atoms with van der Waals surface area (Å²) in [6.45, 7) is 10.9. The Kier molecular flexibility index (Phi) is 14.0. The SMILES string of the molecule is CCCC[C@H]1O[C@@H]1C(NCc1cccc(Cl)c1)C(C)(O)/C=C/C=C(\C)C1OC(=O)C[C@H](O)CC[C@@](C)(O)[C@@H](OC(C)=O)/C=C/[C@@H]1C. The van der Waals surface area contributed by atoms with Crippen LogP contribution in [0.1, 0.15) is 85.6 Å². The van der Waals surface area contributed by atoms with Gasteiger partial charge in [-0.1, -0.05) is 74.7 Å². The van der Waals surface area contributed by atoms with Gasteiger partial charge in [0.1, 0.15) is 23.9 Å². The number of allylic oxidation sites excluding steroid dienone is 2. The molecule has 2 aliphatic heterocycles. The number of cyclic esters (lactones) is 1. The predicted octanol–water partition coefficient (Wildman–Crippen LogP) is 5.34. The number of carbonyl (C=O) groups is 2. The van der Waals surface area contributed by atoms with Gasteiger partial charge in [-0.25, -0.2) is 0 Å². The Morgan fingerprint density at radius 3 is 2.72 bits per heavy atom. The first kappa shape index (κ1) is 37.9. The van der Waals surface area contributed by atoms with Crippen LogP contribution in [0.5, 0.6) is 0 Å². The number of esters is 2. The van der Waals surface area contributed by atoms with E-state index in [0.29, 0.717) is 17.1 Å². The fraction of sp³-hybridized carbons (Fsp3) is 0.611. The summed E-state index contributed by atoms with van der Waals surface area (Å²) in [5, 5.41) is 37.3. The molecule has 0 amide bonds. The fourth-order valence-corrected chi connectivity index (χ4v) is 6.05. The van der Waals surface area contributed by atoms with Crippen molar-refractivity contribution in [2.24, 2.45) is 5.92 Å². The summed E-state index contributed by atoms with van der Waals surface area (Å²) in [7, 11) is 0. The lowest BCUT2D eigenvalue weighted by molar-refractivity contribution is -0.157. The zero-order valence-corrected chi connectivity index (χ0v) is 28.7. The van der Waals surface area contributed by atoms with E-state index >= 15 is 0 Å². The number of aliphatic hydroxyl groups excluding tert-OH is 1. The number of unbranched alkanes of at least 4 members (excludes halogenated alkanes) is 1. The van der Waals surface area contributed by atoms with Gasteiger partial charge in [0.25, 0.3) is 0 Å². The molecule has 9 nitrogen and oxygen atoms in total. The second-order valence-electron chi connectivity index (χ2n) is 13.2. The highest BCUT2D eigenvalue weighted by molar-refractivity contribution is 6.30. The lowest BCUT2D eigenvalue weighted by Crippen LogP contribution is -2.51. The Labute approximate surface area is 278 Å². The lowest BCUT2D eigenvalue weighted by Gasteiger charge is -2.32. The third-order valence-electron chi connectivity index (χ3n) is 8.70. The van der Waals surface area contributed by atoms with Crippen LogP contribution in [-0.4, -0.2) is 75.0 Å². The third-order valence-corrected chi connectivity index (χ3v) is 8.93. The van der Waals surface area contributed by atoms with Gasteiger partial charge in [-0.15, -0.1) is 0 Å².